The van der Waals surface area contributed by atoms with E-state index >= 15 is 0 Å². The van der Waals surface area contributed by atoms with E-state index in [0.717, 1.165) is 11.1 Å². The first-order valence-electron chi connectivity index (χ1n) is 11.8. The lowest BCUT2D eigenvalue weighted by Gasteiger charge is -2.43. The summed E-state index contributed by atoms with van der Waals surface area (Å²) >= 11 is 6.88. The second-order valence-electron chi connectivity index (χ2n) is 10.3. The third kappa shape index (κ3) is 5.27. The van der Waals surface area contributed by atoms with Crippen LogP contribution in [0.2, 0.25) is 5.02 Å². The highest BCUT2D eigenvalue weighted by molar-refractivity contribution is 7.92. The minimum atomic E-state index is -2.74. The molecule has 0 spiro atoms. The molecule has 194 valence electrons. The number of nitrogens with zero attached hydrogens (tertiary/aromatic N) is 3. The highest BCUT2D eigenvalue weighted by Gasteiger charge is 2.47. The van der Waals surface area contributed by atoms with Crippen LogP contribution >= 0.6 is 11.6 Å². The van der Waals surface area contributed by atoms with Crippen LogP contribution in [0.25, 0.3) is 11.1 Å². The van der Waals surface area contributed by atoms with Crippen molar-refractivity contribution < 1.29 is 17.8 Å². The Morgan fingerprint density at radius 3 is 2.56 bits per heavy atom. The molecule has 0 unspecified atom stereocenters. The van der Waals surface area contributed by atoms with Crippen molar-refractivity contribution in [2.45, 2.75) is 57.0 Å². The van der Waals surface area contributed by atoms with E-state index < -0.39 is 33.2 Å². The van der Waals surface area contributed by atoms with Gasteiger partial charge >= 0.3 is 0 Å². The van der Waals surface area contributed by atoms with Crippen LogP contribution in [0.5, 0.6) is 0 Å². The Bertz CT molecular complexity index is 1350. The molecule has 0 saturated heterocycles. The second-order valence-corrected chi connectivity index (χ2v) is 13.2. The minimum Gasteiger partial charge on any atom is -0.369 e. The van der Waals surface area contributed by atoms with Crippen molar-refractivity contribution in [2.75, 3.05) is 12.5 Å². The molecule has 10 heteroatoms. The largest absolute Gasteiger partial charge is 0.369 e. The Morgan fingerprint density at radius 1 is 1.22 bits per heavy atom. The maximum Gasteiger partial charge on any atom is 0.250 e. The van der Waals surface area contributed by atoms with Crippen molar-refractivity contribution in [3.05, 3.63) is 53.1 Å². The van der Waals surface area contributed by atoms with Gasteiger partial charge in [0.25, 0.3) is 5.92 Å². The van der Waals surface area contributed by atoms with Gasteiger partial charge in [-0.15, -0.1) is 0 Å². The number of nitrogens with two attached hydrogens (primary N) is 1. The molecule has 0 radical (unpaired) electrons. The predicted molar refractivity (Wildman–Crippen MR) is 141 cm³/mol. The molecule has 0 aromatic heterocycles. The lowest BCUT2D eigenvalue weighted by molar-refractivity contribution is -0.136. The Morgan fingerprint density at radius 2 is 1.92 bits per heavy atom. The van der Waals surface area contributed by atoms with Crippen molar-refractivity contribution >= 4 is 38.9 Å². The fraction of sp³-hybridized carbons (Fsp3) is 0.462. The molecule has 2 aromatic rings. The zero-order chi connectivity index (χ0) is 26.5. The number of carbonyl (C=O) groups is 1. The van der Waals surface area contributed by atoms with Gasteiger partial charge in [-0.25, -0.2) is 18.0 Å². The summed E-state index contributed by atoms with van der Waals surface area (Å²) < 4.78 is 44.4. The number of benzene rings is 2. The van der Waals surface area contributed by atoms with Crippen molar-refractivity contribution in [1.82, 2.24) is 4.90 Å². The van der Waals surface area contributed by atoms with Gasteiger partial charge in [-0.1, -0.05) is 48.9 Å². The number of carbonyl (C=O) groups excluding carboxylic acids is 1. The number of guanidine groups is 1. The summed E-state index contributed by atoms with van der Waals surface area (Å²) in [7, 11) is -2.33. The maximum atomic E-state index is 14.0. The summed E-state index contributed by atoms with van der Waals surface area (Å²) in [6, 6.07) is 12.4. The third-order valence-electron chi connectivity index (χ3n) is 6.96. The van der Waals surface area contributed by atoms with Crippen LogP contribution in [0.15, 0.2) is 51.8 Å². The Balaban J connectivity index is 1.69. The fourth-order valence-corrected chi connectivity index (χ4v) is 6.15. The van der Waals surface area contributed by atoms with Crippen LogP contribution in [0.1, 0.15) is 45.1 Å². The van der Waals surface area contributed by atoms with Crippen LogP contribution < -0.4 is 5.73 Å². The van der Waals surface area contributed by atoms with Crippen LogP contribution in [0, 0.1) is 5.92 Å². The van der Waals surface area contributed by atoms with Crippen LogP contribution in [-0.4, -0.2) is 45.5 Å². The zero-order valence-electron chi connectivity index (χ0n) is 20.8. The molecular formula is C26H31ClF2N4O2S. The topological polar surface area (TPSA) is 88.1 Å². The lowest BCUT2D eigenvalue weighted by Crippen LogP contribution is -2.56. The highest BCUT2D eigenvalue weighted by atomic mass is 35.5. The Hall–Kier alpha value is -2.52. The summed E-state index contributed by atoms with van der Waals surface area (Å²) in [6.45, 7) is 3.30. The molecule has 36 heavy (non-hydrogen) atoms. The number of alkyl halides is 2. The van der Waals surface area contributed by atoms with Gasteiger partial charge in [0.15, 0.2) is 5.96 Å². The Kier molecular flexibility index (Phi) is 6.94. The molecule has 1 aliphatic carbocycles. The number of amides is 1. The number of rotatable bonds is 4. The van der Waals surface area contributed by atoms with Gasteiger partial charge in [-0.05, 0) is 43.0 Å². The van der Waals surface area contributed by atoms with Crippen molar-refractivity contribution in [3.63, 3.8) is 0 Å². The highest BCUT2D eigenvalue weighted by Crippen LogP contribution is 2.44. The predicted octanol–water partition coefficient (Wildman–Crippen LogP) is 5.95. The summed E-state index contributed by atoms with van der Waals surface area (Å²) in [5, 5.41) is 0.426. The molecule has 1 aliphatic heterocycles. The molecule has 3 atom stereocenters. The Labute approximate surface area is 216 Å². The van der Waals surface area contributed by atoms with E-state index in [0.29, 0.717) is 16.3 Å². The normalized spacial score (nSPS) is 26.5. The van der Waals surface area contributed by atoms with Gasteiger partial charge < -0.3 is 5.73 Å². The van der Waals surface area contributed by atoms with E-state index in [4.69, 9.17) is 17.3 Å². The monoisotopic (exact) mass is 536 g/mol. The van der Waals surface area contributed by atoms with Crippen molar-refractivity contribution in [1.29, 1.82) is 0 Å². The summed E-state index contributed by atoms with van der Waals surface area (Å²) in [5.41, 5.74) is 7.99. The van der Waals surface area contributed by atoms with Gasteiger partial charge in [0, 0.05) is 46.2 Å². The van der Waals surface area contributed by atoms with Crippen LogP contribution in [0.4, 0.5) is 14.5 Å². The van der Waals surface area contributed by atoms with Gasteiger partial charge in [-0.2, -0.15) is 4.36 Å². The molecule has 1 fully saturated rings. The average molecular weight is 537 g/mol. The van der Waals surface area contributed by atoms with E-state index in [1.54, 1.807) is 25.5 Å². The molecule has 2 aromatic carbocycles. The zero-order valence-corrected chi connectivity index (χ0v) is 22.4. The van der Waals surface area contributed by atoms with E-state index in [1.807, 2.05) is 36.4 Å². The SMILES string of the molecule is C[C@H]1C[C@@H](N2C(=O)C[C@@](C)(c3cccc(-c4cccc(N=S(C)(C)=O)c4)c3Cl)N=C2N)CCC1(F)F. The summed E-state index contributed by atoms with van der Waals surface area (Å²) in [6.07, 6.45) is 3.22. The molecule has 1 amide bonds. The van der Waals surface area contributed by atoms with E-state index in [1.165, 1.54) is 11.8 Å². The number of hydrogen-bond acceptors (Lipinski definition) is 5. The molecule has 1 heterocycles. The standard InChI is InChI=1S/C26H31ClF2N4O2S/c1-16-13-19(11-12-26(16,28)29)33-22(34)15-25(2,31-24(33)30)21-10-6-9-20(23(21)27)17-7-5-8-18(14-17)32-36(3,4)35/h5-10,14,16,19H,11-13,15H2,1-4H3,(H2,30,31)/t16-,19-,25-/m0/s1. The van der Waals surface area contributed by atoms with Crippen molar-refractivity contribution in [3.8, 4) is 11.1 Å². The molecule has 4 rings (SSSR count). The quantitative estimate of drug-likeness (QED) is 0.523. The maximum absolute atomic E-state index is 14.0. The number of hydrogen-bond donors (Lipinski definition) is 1. The molecular weight excluding hydrogens is 506 g/mol. The molecule has 6 nitrogen and oxygen atoms in total. The van der Waals surface area contributed by atoms with Crippen LogP contribution in [-0.2, 0) is 20.1 Å². The molecule has 1 saturated carbocycles. The summed E-state index contributed by atoms with van der Waals surface area (Å²) in [5.74, 6) is -3.80. The fourth-order valence-electron chi connectivity index (χ4n) is 5.09. The molecule has 2 aliphatic rings. The van der Waals surface area contributed by atoms with E-state index in [9.17, 15) is 17.8 Å². The third-order valence-corrected chi connectivity index (χ3v) is 8.01. The van der Waals surface area contributed by atoms with Gasteiger partial charge in [0.1, 0.15) is 0 Å². The van der Waals surface area contributed by atoms with Gasteiger partial charge in [0.2, 0.25) is 5.91 Å². The van der Waals surface area contributed by atoms with E-state index in [2.05, 4.69) is 9.36 Å². The van der Waals surface area contributed by atoms with Crippen LogP contribution in [0.3, 0.4) is 0 Å². The smallest absolute Gasteiger partial charge is 0.250 e. The summed E-state index contributed by atoms with van der Waals surface area (Å²) in [4.78, 5) is 19.4. The first kappa shape index (κ1) is 26.5. The first-order chi connectivity index (χ1) is 16.7. The lowest BCUT2D eigenvalue weighted by atomic mass is 9.81. The van der Waals surface area contributed by atoms with E-state index in [-0.39, 0.29) is 37.6 Å². The number of halogens is 3. The van der Waals surface area contributed by atoms with Gasteiger partial charge in [-0.3, -0.25) is 9.69 Å². The number of aliphatic imine (C=N–C) groups is 1. The molecule has 2 N–H and O–H groups in total. The van der Waals surface area contributed by atoms with Crippen molar-refractivity contribution in [2.24, 2.45) is 21.0 Å². The molecule has 0 bridgehead atoms. The van der Waals surface area contributed by atoms with Gasteiger partial charge in [0.05, 0.1) is 22.7 Å². The second kappa shape index (κ2) is 9.41. The minimum absolute atomic E-state index is 0.0151. The average Bonchev–Trinajstić information content (AvgIpc) is 2.75. The first-order valence-corrected chi connectivity index (χ1v) is 14.5.